The molecule has 10 heteroatoms. The van der Waals surface area contributed by atoms with Crippen LogP contribution >= 0.6 is 0 Å². The van der Waals surface area contributed by atoms with Crippen molar-refractivity contribution < 1.29 is 99.8 Å². The van der Waals surface area contributed by atoms with Crippen LogP contribution in [0.2, 0.25) is 0 Å². The second-order valence-corrected chi connectivity index (χ2v) is 0. The first-order valence-corrected chi connectivity index (χ1v) is 0. The first-order chi connectivity index (χ1) is 0. The summed E-state index contributed by atoms with van der Waals surface area (Å²) in [5.74, 6) is 0. The van der Waals surface area contributed by atoms with E-state index in [2.05, 4.69) is 0 Å². The Morgan fingerprint density at radius 1 is 0.300 bits per heavy atom. The quantitative estimate of drug-likeness (QED) is 0.533. The maximum atomic E-state index is 0. The van der Waals surface area contributed by atoms with Crippen LogP contribution in [-0.4, -0.2) is 0 Å². The molecular formula is Co3N4Ni3. The van der Waals surface area contributed by atoms with Gasteiger partial charge in [-0.3, -0.25) is 0 Å². The Morgan fingerprint density at radius 3 is 0.300 bits per heavy atom. The Labute approximate surface area is 123 Å². The summed E-state index contributed by atoms with van der Waals surface area (Å²) in [6.45, 7) is 0. The monoisotopic (exact) mass is 407 g/mol. The fraction of sp³-hybridized carbons (Fsp3) is 0. The average Bonchev–Trinajstić information content (AvgIpc) is 0. The molecule has 0 unspecified atom stereocenters. The van der Waals surface area contributed by atoms with E-state index >= 15 is 0 Å². The minimum absolute atomic E-state index is 0. The van der Waals surface area contributed by atoms with E-state index in [1.807, 2.05) is 0 Å². The van der Waals surface area contributed by atoms with Crippen LogP contribution in [0.1, 0.15) is 0 Å². The molecule has 0 fully saturated rings. The van der Waals surface area contributed by atoms with Gasteiger partial charge in [0.1, 0.15) is 0 Å². The molecule has 0 aromatic rings. The SMILES string of the molecule is [Co+2].[Co+2].[Co+2].[N-3].[N-3].[N-3].[N-3].[Ni+2].[Ni+2].[Ni+2]. The standard InChI is InChI=1S/3Co.4N.3Ni/q3*+2;4*-3;3*+2. The second-order valence-electron chi connectivity index (χ2n) is 0. The second kappa shape index (κ2) is 172. The van der Waals surface area contributed by atoms with Crippen molar-refractivity contribution in [1.82, 2.24) is 0 Å². The van der Waals surface area contributed by atoms with E-state index in [0.717, 1.165) is 0 Å². The van der Waals surface area contributed by atoms with Gasteiger partial charge >= 0.3 is 99.8 Å². The van der Waals surface area contributed by atoms with Gasteiger partial charge in [0, 0.05) is 0 Å². The summed E-state index contributed by atoms with van der Waals surface area (Å²) in [4.78, 5) is 0. The molecule has 0 heterocycles. The van der Waals surface area contributed by atoms with E-state index in [4.69, 9.17) is 0 Å². The zero-order chi connectivity index (χ0) is 0. The van der Waals surface area contributed by atoms with Gasteiger partial charge in [-0.15, -0.1) is 0 Å². The third kappa shape index (κ3) is 130. The fourth-order valence-electron chi connectivity index (χ4n) is 0. The molecule has 0 spiro atoms. The third-order valence-electron chi connectivity index (χ3n) is 0. The zero-order valence-corrected chi connectivity index (χ0v) is 9.82. The van der Waals surface area contributed by atoms with Crippen LogP contribution in [0.3, 0.4) is 0 Å². The number of hydrogen-bond donors (Lipinski definition) is 0. The summed E-state index contributed by atoms with van der Waals surface area (Å²) >= 11 is 0. The molecule has 0 aliphatic carbocycles. The zero-order valence-electron chi connectivity index (χ0n) is 3.74. The van der Waals surface area contributed by atoms with Crippen LogP contribution < -0.4 is 0 Å². The molecule has 0 bridgehead atoms. The van der Waals surface area contributed by atoms with Crippen molar-refractivity contribution in [3.63, 3.8) is 0 Å². The average molecular weight is 409 g/mol. The maximum Gasteiger partial charge on any atom is 2.00 e. The van der Waals surface area contributed by atoms with E-state index in [1.54, 1.807) is 0 Å². The van der Waals surface area contributed by atoms with Crippen LogP contribution in [0.25, 0.3) is 24.6 Å². The van der Waals surface area contributed by atoms with E-state index in [9.17, 15) is 0 Å². The van der Waals surface area contributed by atoms with Crippen molar-refractivity contribution in [2.75, 3.05) is 0 Å². The third-order valence-corrected chi connectivity index (χ3v) is 0. The normalized spacial score (nSPS) is 0. The molecule has 0 rings (SSSR count). The van der Waals surface area contributed by atoms with Crippen LogP contribution in [-0.2, 0) is 99.8 Å². The summed E-state index contributed by atoms with van der Waals surface area (Å²) in [6, 6.07) is 0. The van der Waals surface area contributed by atoms with Crippen LogP contribution in [0.5, 0.6) is 0 Å². The molecule has 0 aliphatic rings. The van der Waals surface area contributed by atoms with Gasteiger partial charge in [0.15, 0.2) is 0 Å². The summed E-state index contributed by atoms with van der Waals surface area (Å²) in [5, 5.41) is 0. The molecule has 0 aromatic carbocycles. The van der Waals surface area contributed by atoms with Crippen molar-refractivity contribution >= 4 is 0 Å². The smallest absolute Gasteiger partial charge is 2.00 e. The molecule has 0 aromatic heterocycles. The van der Waals surface area contributed by atoms with E-state index < -0.39 is 0 Å². The van der Waals surface area contributed by atoms with Crippen molar-refractivity contribution in [3.8, 4) is 0 Å². The molecule has 4 nitrogen and oxygen atoms in total. The van der Waals surface area contributed by atoms with Gasteiger partial charge in [-0.2, -0.15) is 0 Å². The molecule has 3 radical (unpaired) electrons. The van der Waals surface area contributed by atoms with E-state index in [-0.39, 0.29) is 124 Å². The van der Waals surface area contributed by atoms with Gasteiger partial charge in [-0.1, -0.05) is 0 Å². The minimum atomic E-state index is 0. The van der Waals surface area contributed by atoms with Gasteiger partial charge in [-0.05, 0) is 0 Å². The fourth-order valence-corrected chi connectivity index (χ4v) is 0. The van der Waals surface area contributed by atoms with Gasteiger partial charge in [-0.25, -0.2) is 0 Å². The summed E-state index contributed by atoms with van der Waals surface area (Å²) in [5.41, 5.74) is 0. The van der Waals surface area contributed by atoms with Crippen LogP contribution in [0.15, 0.2) is 0 Å². The predicted octanol–water partition coefficient (Wildman–Crippen LogP) is 1.14. The van der Waals surface area contributed by atoms with Gasteiger partial charge in [0.2, 0.25) is 0 Å². The van der Waals surface area contributed by atoms with Crippen LogP contribution in [0.4, 0.5) is 0 Å². The molecule has 0 N–H and O–H groups in total. The summed E-state index contributed by atoms with van der Waals surface area (Å²) < 4.78 is 0. The van der Waals surface area contributed by atoms with Gasteiger partial charge in [0.25, 0.3) is 0 Å². The topological polar surface area (TPSA) is 122 Å². The summed E-state index contributed by atoms with van der Waals surface area (Å²) in [6.07, 6.45) is 0. The Kier molecular flexibility index (Phi) is 3850. The number of nitrogens with zero attached hydrogens (tertiary/aromatic N) is 4. The van der Waals surface area contributed by atoms with E-state index in [0.29, 0.717) is 0 Å². The van der Waals surface area contributed by atoms with Crippen molar-refractivity contribution in [2.45, 2.75) is 0 Å². The Balaban J connectivity index is 0. The Bertz CT molecular complexity index is 15.7. The summed E-state index contributed by atoms with van der Waals surface area (Å²) in [7, 11) is 0. The molecule has 10 heavy (non-hydrogen) atoms. The predicted molar refractivity (Wildman–Crippen MR) is 13.4 cm³/mol. The molecule has 77 valence electrons. The largest absolute Gasteiger partial charge is 3.00 e. The molecule has 0 amide bonds. The number of rotatable bonds is 0. The Hall–Kier alpha value is 2.84. The minimum Gasteiger partial charge on any atom is -3.00 e. The van der Waals surface area contributed by atoms with E-state index in [1.165, 1.54) is 0 Å². The van der Waals surface area contributed by atoms with Crippen molar-refractivity contribution in [1.29, 1.82) is 0 Å². The van der Waals surface area contributed by atoms with Crippen molar-refractivity contribution in [2.24, 2.45) is 0 Å². The maximum absolute atomic E-state index is 0. The number of hydrogen-bond acceptors (Lipinski definition) is 0. The van der Waals surface area contributed by atoms with Crippen molar-refractivity contribution in [3.05, 3.63) is 24.6 Å². The first-order valence-electron chi connectivity index (χ1n) is 0. The van der Waals surface area contributed by atoms with Gasteiger partial charge < -0.3 is 24.6 Å². The van der Waals surface area contributed by atoms with Gasteiger partial charge in [0.05, 0.1) is 0 Å². The first kappa shape index (κ1) is 223. The van der Waals surface area contributed by atoms with Crippen LogP contribution in [0, 0.1) is 0 Å². The molecular weight excluding hydrogens is 409 g/mol. The molecule has 0 saturated heterocycles. The molecule has 0 atom stereocenters. The molecule has 0 saturated carbocycles. The molecule has 0 aliphatic heterocycles. The Morgan fingerprint density at radius 2 is 0.300 bits per heavy atom.